The third-order valence-electron chi connectivity index (χ3n) is 6.24. The van der Waals surface area contributed by atoms with E-state index in [-0.39, 0.29) is 5.92 Å². The Bertz CT molecular complexity index is 1320. The van der Waals surface area contributed by atoms with E-state index in [1.165, 1.54) is 11.1 Å². The van der Waals surface area contributed by atoms with Gasteiger partial charge in [-0.3, -0.25) is 0 Å². The molecule has 2 aromatic heterocycles. The Morgan fingerprint density at radius 1 is 1.12 bits per heavy atom. The van der Waals surface area contributed by atoms with Gasteiger partial charge in [0.05, 0.1) is 31.4 Å². The molecule has 0 spiro atoms. The number of nitrogens with zero attached hydrogens (tertiary/aromatic N) is 5. The SMILES string of the molecule is COCc1ccccc1C1CCCn2nc(C=Cc3ccc(-n4cnc(C)c4)c(OC)c3)nc21. The maximum Gasteiger partial charge on any atom is 0.174 e. The van der Waals surface area contributed by atoms with Crippen LogP contribution < -0.4 is 4.74 Å². The molecule has 7 heteroatoms. The van der Waals surface area contributed by atoms with E-state index in [2.05, 4.69) is 40.0 Å². The third kappa shape index (κ3) is 4.39. The Balaban J connectivity index is 1.41. The van der Waals surface area contributed by atoms with E-state index in [4.69, 9.17) is 19.6 Å². The van der Waals surface area contributed by atoms with Gasteiger partial charge in [0.2, 0.25) is 0 Å². The average molecular weight is 456 g/mol. The van der Waals surface area contributed by atoms with Crippen LogP contribution in [0.15, 0.2) is 55.0 Å². The highest BCUT2D eigenvalue weighted by molar-refractivity contribution is 5.69. The third-order valence-corrected chi connectivity index (χ3v) is 6.24. The summed E-state index contributed by atoms with van der Waals surface area (Å²) in [6, 6.07) is 14.6. The molecule has 34 heavy (non-hydrogen) atoms. The van der Waals surface area contributed by atoms with E-state index in [0.29, 0.717) is 6.61 Å². The molecule has 5 rings (SSSR count). The molecule has 0 radical (unpaired) electrons. The molecule has 1 atom stereocenters. The van der Waals surface area contributed by atoms with Crippen molar-refractivity contribution in [3.8, 4) is 11.4 Å². The summed E-state index contributed by atoms with van der Waals surface area (Å²) in [6.45, 7) is 3.47. The molecule has 1 aliphatic heterocycles. The summed E-state index contributed by atoms with van der Waals surface area (Å²) in [7, 11) is 3.42. The summed E-state index contributed by atoms with van der Waals surface area (Å²) < 4.78 is 15.1. The molecule has 0 fully saturated rings. The Labute approximate surface area is 199 Å². The highest BCUT2D eigenvalue weighted by Gasteiger charge is 2.27. The number of aromatic nitrogens is 5. The van der Waals surface area contributed by atoms with Gasteiger partial charge < -0.3 is 14.0 Å². The van der Waals surface area contributed by atoms with Crippen molar-refractivity contribution in [2.45, 2.75) is 38.8 Å². The molecule has 2 aromatic carbocycles. The van der Waals surface area contributed by atoms with Gasteiger partial charge in [-0.15, -0.1) is 0 Å². The molecule has 0 bridgehead atoms. The standard InChI is InChI=1S/C27H29N5O2/c1-19-16-31(18-28-19)24-12-10-20(15-25(24)34-3)11-13-26-29-27-23(9-6-14-32(27)30-26)22-8-5-4-7-21(22)17-33-2/h4-5,7-8,10-13,15-16,18,23H,6,9,14,17H2,1-3H3. The Morgan fingerprint density at radius 3 is 2.79 bits per heavy atom. The van der Waals surface area contributed by atoms with E-state index < -0.39 is 0 Å². The lowest BCUT2D eigenvalue weighted by Crippen LogP contribution is -2.19. The van der Waals surface area contributed by atoms with E-state index >= 15 is 0 Å². The molecule has 3 heterocycles. The largest absolute Gasteiger partial charge is 0.495 e. The maximum atomic E-state index is 5.63. The molecule has 0 N–H and O–H groups in total. The molecule has 0 amide bonds. The van der Waals surface area contributed by atoms with E-state index in [1.54, 1.807) is 20.5 Å². The summed E-state index contributed by atoms with van der Waals surface area (Å²) >= 11 is 0. The van der Waals surface area contributed by atoms with Crippen molar-refractivity contribution >= 4 is 12.2 Å². The number of benzene rings is 2. The molecule has 0 aliphatic carbocycles. The first-order chi connectivity index (χ1) is 16.7. The van der Waals surface area contributed by atoms with Crippen LogP contribution in [0.25, 0.3) is 17.8 Å². The van der Waals surface area contributed by atoms with Crippen LogP contribution in [0.5, 0.6) is 5.75 Å². The Kier molecular flexibility index (Phi) is 6.27. The normalized spacial score (nSPS) is 15.6. The minimum absolute atomic E-state index is 0.229. The molecule has 174 valence electrons. The molecular weight excluding hydrogens is 426 g/mol. The first kappa shape index (κ1) is 22.1. The van der Waals surface area contributed by atoms with Gasteiger partial charge in [0.25, 0.3) is 0 Å². The molecule has 0 saturated heterocycles. The van der Waals surface area contributed by atoms with E-state index in [1.807, 2.05) is 42.0 Å². The second-order valence-electron chi connectivity index (χ2n) is 8.56. The van der Waals surface area contributed by atoms with Crippen LogP contribution in [0.1, 0.15) is 52.8 Å². The number of ether oxygens (including phenoxy) is 2. The van der Waals surface area contributed by atoms with Crippen LogP contribution in [-0.4, -0.2) is 38.5 Å². The lowest BCUT2D eigenvalue weighted by atomic mass is 9.88. The van der Waals surface area contributed by atoms with Gasteiger partial charge in [-0.2, -0.15) is 5.10 Å². The minimum atomic E-state index is 0.229. The Hall–Kier alpha value is -3.71. The van der Waals surface area contributed by atoms with Crippen molar-refractivity contribution in [2.75, 3.05) is 14.2 Å². The van der Waals surface area contributed by atoms with Crippen LogP contribution in [0, 0.1) is 6.92 Å². The number of fused-ring (bicyclic) bond motifs is 1. The highest BCUT2D eigenvalue weighted by atomic mass is 16.5. The van der Waals surface area contributed by atoms with Crippen LogP contribution >= 0.6 is 0 Å². The summed E-state index contributed by atoms with van der Waals surface area (Å²) in [5.41, 5.74) is 5.43. The topological polar surface area (TPSA) is 67.0 Å². The van der Waals surface area contributed by atoms with Crippen molar-refractivity contribution in [3.63, 3.8) is 0 Å². The van der Waals surface area contributed by atoms with Crippen molar-refractivity contribution in [1.29, 1.82) is 0 Å². The van der Waals surface area contributed by atoms with E-state index in [9.17, 15) is 0 Å². The lowest BCUT2D eigenvalue weighted by Gasteiger charge is -2.24. The Morgan fingerprint density at radius 2 is 2.00 bits per heavy atom. The van der Waals surface area contributed by atoms with Gasteiger partial charge >= 0.3 is 0 Å². The summed E-state index contributed by atoms with van der Waals surface area (Å²) in [4.78, 5) is 9.23. The summed E-state index contributed by atoms with van der Waals surface area (Å²) in [5, 5.41) is 4.77. The number of aryl methyl sites for hydroxylation is 2. The highest BCUT2D eigenvalue weighted by Crippen LogP contribution is 2.34. The van der Waals surface area contributed by atoms with Gasteiger partial charge in [0.15, 0.2) is 5.82 Å². The van der Waals surface area contributed by atoms with Crippen LogP contribution in [0.2, 0.25) is 0 Å². The maximum absolute atomic E-state index is 5.63. The first-order valence-corrected chi connectivity index (χ1v) is 11.5. The number of hydrogen-bond donors (Lipinski definition) is 0. The average Bonchev–Trinajstić information content (AvgIpc) is 3.49. The quantitative estimate of drug-likeness (QED) is 0.391. The van der Waals surface area contributed by atoms with Gasteiger partial charge in [0.1, 0.15) is 11.6 Å². The van der Waals surface area contributed by atoms with Gasteiger partial charge in [-0.1, -0.05) is 36.4 Å². The van der Waals surface area contributed by atoms with Crippen LogP contribution in [-0.2, 0) is 17.9 Å². The number of hydrogen-bond acceptors (Lipinski definition) is 5. The monoisotopic (exact) mass is 455 g/mol. The van der Waals surface area contributed by atoms with Crippen LogP contribution in [0.3, 0.4) is 0 Å². The molecule has 1 unspecified atom stereocenters. The first-order valence-electron chi connectivity index (χ1n) is 11.5. The zero-order valence-corrected chi connectivity index (χ0v) is 19.8. The zero-order valence-electron chi connectivity index (χ0n) is 19.8. The molecule has 1 aliphatic rings. The van der Waals surface area contributed by atoms with Crippen molar-refractivity contribution < 1.29 is 9.47 Å². The predicted molar refractivity (Wildman–Crippen MR) is 132 cm³/mol. The second-order valence-corrected chi connectivity index (χ2v) is 8.56. The second kappa shape index (κ2) is 9.65. The van der Waals surface area contributed by atoms with Gasteiger partial charge in [-0.25, -0.2) is 14.6 Å². The molecular formula is C27H29N5O2. The van der Waals surface area contributed by atoms with Crippen molar-refractivity contribution in [2.24, 2.45) is 0 Å². The predicted octanol–water partition coefficient (Wildman–Crippen LogP) is 5.02. The molecule has 4 aromatic rings. The van der Waals surface area contributed by atoms with Gasteiger partial charge in [0, 0.05) is 25.8 Å². The molecule has 7 nitrogen and oxygen atoms in total. The fraction of sp³-hybridized carbons (Fsp3) is 0.296. The number of methoxy groups -OCH3 is 2. The zero-order chi connectivity index (χ0) is 23.5. The number of imidazole rings is 1. The fourth-order valence-electron chi connectivity index (χ4n) is 4.63. The smallest absolute Gasteiger partial charge is 0.174 e. The summed E-state index contributed by atoms with van der Waals surface area (Å²) in [5.74, 6) is 2.76. The van der Waals surface area contributed by atoms with Crippen LogP contribution in [0.4, 0.5) is 0 Å². The number of rotatable bonds is 7. The lowest BCUT2D eigenvalue weighted by molar-refractivity contribution is 0.183. The van der Waals surface area contributed by atoms with Crippen molar-refractivity contribution in [3.05, 3.63) is 89.0 Å². The minimum Gasteiger partial charge on any atom is -0.495 e. The van der Waals surface area contributed by atoms with Crippen molar-refractivity contribution in [1.82, 2.24) is 24.3 Å². The summed E-state index contributed by atoms with van der Waals surface area (Å²) in [6.07, 6.45) is 9.92. The fourth-order valence-corrected chi connectivity index (χ4v) is 4.63. The van der Waals surface area contributed by atoms with E-state index in [0.717, 1.165) is 53.7 Å². The van der Waals surface area contributed by atoms with Gasteiger partial charge in [-0.05, 0) is 54.7 Å². The molecule has 0 saturated carbocycles.